The summed E-state index contributed by atoms with van der Waals surface area (Å²) in [7, 11) is 0. The van der Waals surface area contributed by atoms with Gasteiger partial charge in [-0.15, -0.1) is 0 Å². The highest BCUT2D eigenvalue weighted by atomic mass is 35.5. The third-order valence-electron chi connectivity index (χ3n) is 4.89. The fraction of sp³-hybridized carbons (Fsp3) is 0.381. The molecular formula is C21H23ClN4O4. The van der Waals surface area contributed by atoms with Crippen molar-refractivity contribution < 1.29 is 19.1 Å². The summed E-state index contributed by atoms with van der Waals surface area (Å²) in [6.07, 6.45) is 4.22. The molecule has 8 nitrogen and oxygen atoms in total. The first-order valence-electron chi connectivity index (χ1n) is 9.74. The van der Waals surface area contributed by atoms with Gasteiger partial charge in [0, 0.05) is 25.5 Å². The number of piperidine rings is 1. The number of nitrogens with one attached hydrogen (secondary N) is 1. The SMILES string of the molecule is CCOC(=O)c1cnc(C)c(C(=O)N2CCC[C@@H](C(=O)Nc3ccc(Cl)cn3)C2)c1. The van der Waals surface area contributed by atoms with Gasteiger partial charge in [-0.3, -0.25) is 14.6 Å². The summed E-state index contributed by atoms with van der Waals surface area (Å²) in [5.41, 5.74) is 1.08. The first kappa shape index (κ1) is 21.7. The van der Waals surface area contributed by atoms with E-state index in [0.717, 1.165) is 0 Å². The number of carbonyl (C=O) groups excluding carboxylic acids is 3. The number of amides is 2. The van der Waals surface area contributed by atoms with E-state index in [2.05, 4.69) is 15.3 Å². The standard InChI is InChI=1S/C21H23ClN4O4/c1-3-30-21(29)15-9-17(13(2)23-10-15)20(28)26-8-4-5-14(12-26)19(27)25-18-7-6-16(22)11-24-18/h6-7,9-11,14H,3-5,8,12H2,1-2H3,(H,24,25,27)/t14-/m1/s1. The molecule has 30 heavy (non-hydrogen) atoms. The van der Waals surface area contributed by atoms with Crippen molar-refractivity contribution in [3.05, 3.63) is 52.4 Å². The van der Waals surface area contributed by atoms with Crippen LogP contribution in [0.1, 0.15) is 46.2 Å². The molecule has 3 heterocycles. The van der Waals surface area contributed by atoms with Gasteiger partial charge in [-0.1, -0.05) is 11.6 Å². The molecular weight excluding hydrogens is 408 g/mol. The van der Waals surface area contributed by atoms with Crippen LogP contribution < -0.4 is 5.32 Å². The van der Waals surface area contributed by atoms with Gasteiger partial charge in [0.2, 0.25) is 5.91 Å². The van der Waals surface area contributed by atoms with Gasteiger partial charge in [0.15, 0.2) is 0 Å². The van der Waals surface area contributed by atoms with Gasteiger partial charge in [-0.2, -0.15) is 0 Å². The van der Waals surface area contributed by atoms with E-state index in [1.807, 2.05) is 0 Å². The van der Waals surface area contributed by atoms with E-state index in [0.29, 0.717) is 41.5 Å². The predicted octanol–water partition coefficient (Wildman–Crippen LogP) is 3.11. The first-order valence-corrected chi connectivity index (χ1v) is 10.1. The second-order valence-corrected chi connectivity index (χ2v) is 7.46. The van der Waals surface area contributed by atoms with Gasteiger partial charge in [0.05, 0.1) is 34.4 Å². The average molecular weight is 431 g/mol. The van der Waals surface area contributed by atoms with Crippen LogP contribution in [0.15, 0.2) is 30.6 Å². The second-order valence-electron chi connectivity index (χ2n) is 7.02. The number of pyridine rings is 2. The Hall–Kier alpha value is -3.00. The van der Waals surface area contributed by atoms with Gasteiger partial charge in [0.1, 0.15) is 5.82 Å². The Morgan fingerprint density at radius 2 is 2.07 bits per heavy atom. The normalized spacial score (nSPS) is 16.1. The number of aromatic nitrogens is 2. The van der Waals surface area contributed by atoms with Crippen LogP contribution in [-0.4, -0.2) is 52.3 Å². The van der Waals surface area contributed by atoms with Crippen LogP contribution in [0.4, 0.5) is 5.82 Å². The number of hydrogen-bond donors (Lipinski definition) is 1. The summed E-state index contributed by atoms with van der Waals surface area (Å²) in [6.45, 7) is 4.47. The Morgan fingerprint density at radius 3 is 2.77 bits per heavy atom. The molecule has 2 amide bonds. The van der Waals surface area contributed by atoms with E-state index in [-0.39, 0.29) is 36.4 Å². The zero-order valence-electron chi connectivity index (χ0n) is 16.9. The van der Waals surface area contributed by atoms with E-state index in [9.17, 15) is 14.4 Å². The first-order chi connectivity index (χ1) is 14.4. The Morgan fingerprint density at radius 1 is 1.27 bits per heavy atom. The Balaban J connectivity index is 1.71. The zero-order valence-corrected chi connectivity index (χ0v) is 17.6. The lowest BCUT2D eigenvalue weighted by atomic mass is 9.96. The fourth-order valence-corrected chi connectivity index (χ4v) is 3.41. The largest absolute Gasteiger partial charge is 0.462 e. The van der Waals surface area contributed by atoms with Crippen LogP contribution in [0.2, 0.25) is 5.02 Å². The lowest BCUT2D eigenvalue weighted by Gasteiger charge is -2.32. The number of esters is 1. The van der Waals surface area contributed by atoms with E-state index in [1.54, 1.807) is 30.9 Å². The molecule has 1 N–H and O–H groups in total. The maximum Gasteiger partial charge on any atom is 0.339 e. The van der Waals surface area contributed by atoms with Crippen molar-refractivity contribution in [3.8, 4) is 0 Å². The molecule has 1 fully saturated rings. The molecule has 1 saturated heterocycles. The van der Waals surface area contributed by atoms with Crippen molar-refractivity contribution in [1.29, 1.82) is 0 Å². The quantitative estimate of drug-likeness (QED) is 0.731. The van der Waals surface area contributed by atoms with Crippen molar-refractivity contribution in [1.82, 2.24) is 14.9 Å². The Kier molecular flexibility index (Phi) is 6.99. The maximum absolute atomic E-state index is 13.1. The van der Waals surface area contributed by atoms with Crippen LogP contribution >= 0.6 is 11.6 Å². The number of likely N-dealkylation sites (tertiary alicyclic amines) is 1. The molecule has 0 aromatic carbocycles. The smallest absolute Gasteiger partial charge is 0.339 e. The molecule has 0 spiro atoms. The number of rotatable bonds is 5. The van der Waals surface area contributed by atoms with Crippen molar-refractivity contribution >= 4 is 35.2 Å². The number of nitrogens with zero attached hydrogens (tertiary/aromatic N) is 3. The van der Waals surface area contributed by atoms with Crippen LogP contribution in [-0.2, 0) is 9.53 Å². The molecule has 158 valence electrons. The summed E-state index contributed by atoms with van der Waals surface area (Å²) in [5.74, 6) is -0.923. The molecule has 0 unspecified atom stereocenters. The van der Waals surface area contributed by atoms with Gasteiger partial charge < -0.3 is 15.0 Å². The minimum absolute atomic E-state index is 0.197. The number of anilines is 1. The minimum atomic E-state index is -0.523. The predicted molar refractivity (Wildman–Crippen MR) is 111 cm³/mol. The monoisotopic (exact) mass is 430 g/mol. The minimum Gasteiger partial charge on any atom is -0.462 e. The molecule has 0 saturated carbocycles. The number of hydrogen-bond acceptors (Lipinski definition) is 6. The van der Waals surface area contributed by atoms with Crippen molar-refractivity contribution in [2.24, 2.45) is 5.92 Å². The number of carbonyl (C=O) groups is 3. The van der Waals surface area contributed by atoms with Gasteiger partial charge in [0.25, 0.3) is 5.91 Å². The molecule has 0 radical (unpaired) electrons. The Labute approximate surface area is 179 Å². The van der Waals surface area contributed by atoms with E-state index in [1.165, 1.54) is 18.5 Å². The van der Waals surface area contributed by atoms with Crippen LogP contribution in [0.25, 0.3) is 0 Å². The summed E-state index contributed by atoms with van der Waals surface area (Å²) in [4.78, 5) is 47.6. The highest BCUT2D eigenvalue weighted by Gasteiger charge is 2.30. The maximum atomic E-state index is 13.1. The zero-order chi connectivity index (χ0) is 21.7. The number of ether oxygens (including phenoxy) is 1. The summed E-state index contributed by atoms with van der Waals surface area (Å²) >= 11 is 5.82. The third kappa shape index (κ3) is 5.13. The van der Waals surface area contributed by atoms with E-state index in [4.69, 9.17) is 16.3 Å². The van der Waals surface area contributed by atoms with E-state index >= 15 is 0 Å². The van der Waals surface area contributed by atoms with Gasteiger partial charge in [-0.25, -0.2) is 9.78 Å². The topological polar surface area (TPSA) is 101 Å². The summed E-state index contributed by atoms with van der Waals surface area (Å²) < 4.78 is 4.99. The van der Waals surface area contributed by atoms with Crippen LogP contribution in [0.3, 0.4) is 0 Å². The number of aryl methyl sites for hydroxylation is 1. The molecule has 0 bridgehead atoms. The summed E-state index contributed by atoms with van der Waals surface area (Å²) in [6, 6.07) is 4.78. The van der Waals surface area contributed by atoms with E-state index < -0.39 is 5.97 Å². The second kappa shape index (κ2) is 9.67. The Bertz CT molecular complexity index is 949. The molecule has 3 rings (SSSR count). The molecule has 2 aromatic heterocycles. The van der Waals surface area contributed by atoms with Crippen molar-refractivity contribution in [2.45, 2.75) is 26.7 Å². The third-order valence-corrected chi connectivity index (χ3v) is 5.11. The van der Waals surface area contributed by atoms with Crippen molar-refractivity contribution in [3.63, 3.8) is 0 Å². The van der Waals surface area contributed by atoms with Crippen LogP contribution in [0.5, 0.6) is 0 Å². The van der Waals surface area contributed by atoms with Crippen molar-refractivity contribution in [2.75, 3.05) is 25.0 Å². The lowest BCUT2D eigenvalue weighted by molar-refractivity contribution is -0.121. The molecule has 1 aliphatic heterocycles. The molecule has 9 heteroatoms. The molecule has 1 aliphatic rings. The fourth-order valence-electron chi connectivity index (χ4n) is 3.30. The molecule has 1 atom stereocenters. The lowest BCUT2D eigenvalue weighted by Crippen LogP contribution is -2.44. The highest BCUT2D eigenvalue weighted by molar-refractivity contribution is 6.30. The summed E-state index contributed by atoms with van der Waals surface area (Å²) in [5, 5.41) is 3.25. The van der Waals surface area contributed by atoms with Crippen LogP contribution in [0, 0.1) is 12.8 Å². The molecule has 2 aromatic rings. The highest BCUT2D eigenvalue weighted by Crippen LogP contribution is 2.22. The van der Waals surface area contributed by atoms with Gasteiger partial charge >= 0.3 is 5.97 Å². The molecule has 0 aliphatic carbocycles. The average Bonchev–Trinajstić information content (AvgIpc) is 2.75. The number of halogens is 1. The van der Waals surface area contributed by atoms with Gasteiger partial charge in [-0.05, 0) is 44.9 Å².